The third kappa shape index (κ3) is 10.7. The van der Waals surface area contributed by atoms with E-state index in [1.807, 2.05) is 55.5 Å². The van der Waals surface area contributed by atoms with Gasteiger partial charge in [0.05, 0.1) is 18.8 Å². The zero-order valence-electron chi connectivity index (χ0n) is 23.7. The molecule has 1 atom stereocenters. The van der Waals surface area contributed by atoms with Gasteiger partial charge in [-0.2, -0.15) is 0 Å². The van der Waals surface area contributed by atoms with Gasteiger partial charge < -0.3 is 14.2 Å². The lowest BCUT2D eigenvalue weighted by Gasteiger charge is -2.19. The smallest absolute Gasteiger partial charge is 0.338 e. The maximum atomic E-state index is 12.0. The van der Waals surface area contributed by atoms with Crippen molar-refractivity contribution in [1.82, 2.24) is 0 Å². The highest BCUT2D eigenvalue weighted by Gasteiger charge is 2.14. The maximum absolute atomic E-state index is 12.0. The summed E-state index contributed by atoms with van der Waals surface area (Å²) < 4.78 is 16.4. The Bertz CT molecular complexity index is 1170. The van der Waals surface area contributed by atoms with E-state index in [0.717, 1.165) is 55.4 Å². The van der Waals surface area contributed by atoms with Crippen LogP contribution in [0.5, 0.6) is 5.75 Å². The number of hydrogen-bond acceptors (Lipinski definition) is 5. The van der Waals surface area contributed by atoms with Crippen molar-refractivity contribution in [3.05, 3.63) is 101 Å². The summed E-state index contributed by atoms with van der Waals surface area (Å²) in [5.41, 5.74) is 5.14. The van der Waals surface area contributed by atoms with Crippen LogP contribution in [-0.2, 0) is 39.6 Å². The number of aryl methyl sites for hydroxylation is 1. The molecule has 40 heavy (non-hydrogen) atoms. The van der Waals surface area contributed by atoms with Crippen molar-refractivity contribution in [3.63, 3.8) is 0 Å². The van der Waals surface area contributed by atoms with Gasteiger partial charge in [-0.1, -0.05) is 67.4 Å². The fourth-order valence-electron chi connectivity index (χ4n) is 4.71. The highest BCUT2D eigenvalue weighted by atomic mass is 35.5. The molecular formula is C34H41ClO5. The Hall–Kier alpha value is -3.31. The van der Waals surface area contributed by atoms with E-state index in [2.05, 4.69) is 24.3 Å². The molecule has 0 heterocycles. The number of rotatable bonds is 17. The zero-order valence-corrected chi connectivity index (χ0v) is 24.5. The maximum Gasteiger partial charge on any atom is 0.338 e. The summed E-state index contributed by atoms with van der Waals surface area (Å²) in [4.78, 5) is 23.8. The molecule has 0 amide bonds. The molecule has 0 aliphatic carbocycles. The summed E-state index contributed by atoms with van der Waals surface area (Å²) in [7, 11) is 0. The molecule has 0 aliphatic rings. The monoisotopic (exact) mass is 564 g/mol. The predicted molar refractivity (Wildman–Crippen MR) is 160 cm³/mol. The van der Waals surface area contributed by atoms with Crippen molar-refractivity contribution in [3.8, 4) is 5.75 Å². The normalized spacial score (nSPS) is 11.6. The lowest BCUT2D eigenvalue weighted by atomic mass is 9.88. The highest BCUT2D eigenvalue weighted by molar-refractivity contribution is 6.17. The fourth-order valence-corrected chi connectivity index (χ4v) is 4.88. The van der Waals surface area contributed by atoms with Gasteiger partial charge in [0.2, 0.25) is 0 Å². The van der Waals surface area contributed by atoms with Gasteiger partial charge in [0.1, 0.15) is 12.4 Å². The van der Waals surface area contributed by atoms with E-state index in [4.69, 9.17) is 25.8 Å². The molecule has 0 radical (unpaired) electrons. The Morgan fingerprint density at radius 2 is 1.45 bits per heavy atom. The van der Waals surface area contributed by atoms with Crippen LogP contribution in [0.3, 0.4) is 0 Å². The largest absolute Gasteiger partial charge is 0.489 e. The van der Waals surface area contributed by atoms with Crippen LogP contribution in [-0.4, -0.2) is 25.2 Å². The third-order valence-electron chi connectivity index (χ3n) is 6.90. The van der Waals surface area contributed by atoms with Crippen molar-refractivity contribution in [1.29, 1.82) is 0 Å². The minimum absolute atomic E-state index is 0.128. The molecule has 3 aromatic carbocycles. The van der Waals surface area contributed by atoms with Crippen LogP contribution in [0.1, 0.15) is 78.6 Å². The molecule has 6 heteroatoms. The van der Waals surface area contributed by atoms with Crippen LogP contribution < -0.4 is 4.74 Å². The van der Waals surface area contributed by atoms with E-state index in [1.165, 1.54) is 11.1 Å². The second-order valence-electron chi connectivity index (χ2n) is 9.92. The molecule has 0 aromatic heterocycles. The van der Waals surface area contributed by atoms with E-state index in [9.17, 15) is 9.59 Å². The molecule has 5 nitrogen and oxygen atoms in total. The molecule has 3 rings (SSSR count). The molecule has 0 bridgehead atoms. The number of carbonyl (C=O) groups excluding carboxylic acids is 2. The third-order valence-corrected chi connectivity index (χ3v) is 7.21. The van der Waals surface area contributed by atoms with E-state index in [-0.39, 0.29) is 11.9 Å². The summed E-state index contributed by atoms with van der Waals surface area (Å²) in [6, 6.07) is 24.1. The quantitative estimate of drug-likeness (QED) is 0.0941. The van der Waals surface area contributed by atoms with Gasteiger partial charge in [-0.15, -0.1) is 11.6 Å². The van der Waals surface area contributed by atoms with E-state index >= 15 is 0 Å². The van der Waals surface area contributed by atoms with Gasteiger partial charge in [0.25, 0.3) is 0 Å². The SMILES string of the molecule is CCOC(=O)CCCCC(CCc1ccccc1OCc1ccc(CCl)cc1)Cc1ccc(C(=O)OCC)cc1. The molecule has 0 N–H and O–H groups in total. The molecule has 3 aromatic rings. The van der Waals surface area contributed by atoms with Crippen molar-refractivity contribution < 1.29 is 23.8 Å². The molecule has 1 unspecified atom stereocenters. The average molecular weight is 565 g/mol. The summed E-state index contributed by atoms with van der Waals surface area (Å²) in [5, 5.41) is 0. The second kappa shape index (κ2) is 17.4. The summed E-state index contributed by atoms with van der Waals surface area (Å²) in [6.45, 7) is 4.92. The average Bonchev–Trinajstić information content (AvgIpc) is 2.98. The van der Waals surface area contributed by atoms with Crippen LogP contribution in [0.4, 0.5) is 0 Å². The molecule has 0 saturated heterocycles. The summed E-state index contributed by atoms with van der Waals surface area (Å²) in [6.07, 6.45) is 6.03. The highest BCUT2D eigenvalue weighted by Crippen LogP contribution is 2.26. The Labute approximate surface area is 243 Å². The van der Waals surface area contributed by atoms with Gasteiger partial charge in [0, 0.05) is 12.3 Å². The number of alkyl halides is 1. The fraction of sp³-hybridized carbons (Fsp3) is 0.412. The molecular weight excluding hydrogens is 524 g/mol. The molecule has 214 valence electrons. The van der Waals surface area contributed by atoms with Gasteiger partial charge in [-0.3, -0.25) is 4.79 Å². The Kier molecular flexibility index (Phi) is 13.6. The minimum Gasteiger partial charge on any atom is -0.489 e. The molecule has 0 saturated carbocycles. The summed E-state index contributed by atoms with van der Waals surface area (Å²) >= 11 is 5.91. The molecule has 0 spiro atoms. The van der Waals surface area contributed by atoms with Crippen molar-refractivity contribution >= 4 is 23.5 Å². The molecule has 0 fully saturated rings. The van der Waals surface area contributed by atoms with Gasteiger partial charge in [-0.05, 0) is 85.9 Å². The number of unbranched alkanes of at least 4 members (excludes halogenated alkanes) is 1. The number of esters is 2. The van der Waals surface area contributed by atoms with Gasteiger partial charge in [0.15, 0.2) is 0 Å². The summed E-state index contributed by atoms with van der Waals surface area (Å²) in [5.74, 6) is 1.41. The van der Waals surface area contributed by atoms with Crippen molar-refractivity contribution in [2.24, 2.45) is 5.92 Å². The Balaban J connectivity index is 1.62. The Morgan fingerprint density at radius 1 is 0.775 bits per heavy atom. The lowest BCUT2D eigenvalue weighted by Crippen LogP contribution is -2.09. The van der Waals surface area contributed by atoms with Crippen LogP contribution in [0.15, 0.2) is 72.8 Å². The number of carbonyl (C=O) groups is 2. The number of para-hydroxylation sites is 1. The molecule has 0 aliphatic heterocycles. The topological polar surface area (TPSA) is 61.8 Å². The Morgan fingerprint density at radius 3 is 2.15 bits per heavy atom. The van der Waals surface area contributed by atoms with Crippen LogP contribution in [0, 0.1) is 5.92 Å². The number of benzene rings is 3. The first-order valence-electron chi connectivity index (χ1n) is 14.3. The lowest BCUT2D eigenvalue weighted by molar-refractivity contribution is -0.143. The van der Waals surface area contributed by atoms with Crippen molar-refractivity contribution in [2.75, 3.05) is 13.2 Å². The predicted octanol–water partition coefficient (Wildman–Crippen LogP) is 8.10. The number of halogens is 1. The van der Waals surface area contributed by atoms with Crippen LogP contribution >= 0.6 is 11.6 Å². The van der Waals surface area contributed by atoms with Gasteiger partial charge >= 0.3 is 11.9 Å². The number of hydrogen-bond donors (Lipinski definition) is 0. The zero-order chi connectivity index (χ0) is 28.6. The first kappa shape index (κ1) is 31.2. The second-order valence-corrected chi connectivity index (χ2v) is 10.2. The van der Waals surface area contributed by atoms with Crippen LogP contribution in [0.25, 0.3) is 0 Å². The van der Waals surface area contributed by atoms with E-state index in [0.29, 0.717) is 43.6 Å². The standard InChI is InChI=1S/C34H41ClO5/c1-3-38-33(36)12-8-5-9-26(23-27-18-21-31(22-19-27)34(37)39-4-2)17-20-30-10-6-7-11-32(30)40-25-29-15-13-28(24-35)14-16-29/h6-7,10-11,13-16,18-19,21-22,26H,3-5,8-9,12,17,20,23-25H2,1-2H3. The van der Waals surface area contributed by atoms with Crippen LogP contribution in [0.2, 0.25) is 0 Å². The van der Waals surface area contributed by atoms with E-state index in [1.54, 1.807) is 6.92 Å². The van der Waals surface area contributed by atoms with Crippen molar-refractivity contribution in [2.45, 2.75) is 71.3 Å². The first-order chi connectivity index (χ1) is 19.5. The first-order valence-corrected chi connectivity index (χ1v) is 14.8. The number of ether oxygens (including phenoxy) is 3. The van der Waals surface area contributed by atoms with Gasteiger partial charge in [-0.25, -0.2) is 4.79 Å². The van der Waals surface area contributed by atoms with E-state index < -0.39 is 0 Å². The minimum atomic E-state index is -0.295.